The van der Waals surface area contributed by atoms with E-state index >= 15 is 0 Å². The van der Waals surface area contributed by atoms with Crippen molar-refractivity contribution in [3.8, 4) is 0 Å². The third-order valence-electron chi connectivity index (χ3n) is 3.06. The van der Waals surface area contributed by atoms with Gasteiger partial charge in [-0.3, -0.25) is 0 Å². The fourth-order valence-electron chi connectivity index (χ4n) is 2.14. The van der Waals surface area contributed by atoms with E-state index in [1.807, 2.05) is 17.8 Å². The molecule has 1 aromatic carbocycles. The van der Waals surface area contributed by atoms with Crippen LogP contribution in [0.5, 0.6) is 0 Å². The molecule has 18 heavy (non-hydrogen) atoms. The van der Waals surface area contributed by atoms with Crippen molar-refractivity contribution in [1.82, 2.24) is 5.32 Å². The van der Waals surface area contributed by atoms with Crippen LogP contribution in [0.4, 0.5) is 4.39 Å². The number of nitrogens with one attached hydrogen (secondary N) is 1. The second kappa shape index (κ2) is 9.40. The van der Waals surface area contributed by atoms with E-state index in [0.29, 0.717) is 5.92 Å². The van der Waals surface area contributed by atoms with E-state index in [0.717, 1.165) is 25.1 Å². The average Bonchev–Trinajstić information content (AvgIpc) is 2.36. The highest BCUT2D eigenvalue weighted by atomic mass is 32.2. The Hall–Kier alpha value is -0.540. The Labute approximate surface area is 115 Å². The summed E-state index contributed by atoms with van der Waals surface area (Å²) in [5, 5.41) is 3.41. The molecule has 0 heterocycles. The summed E-state index contributed by atoms with van der Waals surface area (Å²) in [6, 6.07) is 7.00. The maximum absolute atomic E-state index is 13.2. The Morgan fingerprint density at radius 2 is 2.22 bits per heavy atom. The van der Waals surface area contributed by atoms with E-state index in [1.165, 1.54) is 24.7 Å². The number of hydrogen-bond acceptors (Lipinski definition) is 2. The zero-order valence-corrected chi connectivity index (χ0v) is 12.2. The van der Waals surface area contributed by atoms with Gasteiger partial charge in [0.1, 0.15) is 5.82 Å². The summed E-state index contributed by atoms with van der Waals surface area (Å²) in [7, 11) is 0. The van der Waals surface area contributed by atoms with Crippen LogP contribution in [0.2, 0.25) is 0 Å². The number of benzene rings is 1. The van der Waals surface area contributed by atoms with E-state index in [-0.39, 0.29) is 5.82 Å². The Morgan fingerprint density at radius 3 is 2.89 bits per heavy atom. The lowest BCUT2D eigenvalue weighted by Crippen LogP contribution is -2.24. The van der Waals surface area contributed by atoms with E-state index in [2.05, 4.69) is 18.5 Å². The van der Waals surface area contributed by atoms with Crippen molar-refractivity contribution in [1.29, 1.82) is 0 Å². The van der Waals surface area contributed by atoms with Crippen LogP contribution in [-0.4, -0.2) is 25.1 Å². The van der Waals surface area contributed by atoms with Gasteiger partial charge in [-0.15, -0.1) is 0 Å². The number of halogens is 1. The molecular formula is C15H24FNS. The Kier molecular flexibility index (Phi) is 8.10. The molecule has 0 fully saturated rings. The van der Waals surface area contributed by atoms with Crippen molar-refractivity contribution in [3.63, 3.8) is 0 Å². The van der Waals surface area contributed by atoms with Gasteiger partial charge in [0.25, 0.3) is 0 Å². The van der Waals surface area contributed by atoms with Gasteiger partial charge in [-0.1, -0.05) is 19.1 Å². The maximum Gasteiger partial charge on any atom is 0.123 e. The molecule has 1 unspecified atom stereocenters. The normalized spacial score (nSPS) is 12.6. The lowest BCUT2D eigenvalue weighted by atomic mass is 9.95. The molecule has 0 aliphatic rings. The molecule has 0 saturated heterocycles. The minimum atomic E-state index is -0.126. The van der Waals surface area contributed by atoms with Crippen molar-refractivity contribution in [2.45, 2.75) is 26.2 Å². The predicted molar refractivity (Wildman–Crippen MR) is 79.8 cm³/mol. The summed E-state index contributed by atoms with van der Waals surface area (Å²) in [4.78, 5) is 0. The maximum atomic E-state index is 13.2. The lowest BCUT2D eigenvalue weighted by Gasteiger charge is -2.17. The Balaban J connectivity index is 2.48. The van der Waals surface area contributed by atoms with Gasteiger partial charge in [0, 0.05) is 0 Å². The van der Waals surface area contributed by atoms with Crippen LogP contribution in [0.25, 0.3) is 0 Å². The molecule has 0 aliphatic carbocycles. The van der Waals surface area contributed by atoms with Crippen LogP contribution in [0.1, 0.15) is 25.3 Å². The van der Waals surface area contributed by atoms with Crippen molar-refractivity contribution < 1.29 is 4.39 Å². The van der Waals surface area contributed by atoms with Crippen LogP contribution in [-0.2, 0) is 6.42 Å². The molecule has 0 amide bonds. The van der Waals surface area contributed by atoms with Crippen molar-refractivity contribution in [3.05, 3.63) is 35.6 Å². The number of hydrogen-bond donors (Lipinski definition) is 1. The molecule has 0 saturated carbocycles. The van der Waals surface area contributed by atoms with Crippen molar-refractivity contribution in [2.24, 2.45) is 5.92 Å². The van der Waals surface area contributed by atoms with E-state index in [4.69, 9.17) is 0 Å². The van der Waals surface area contributed by atoms with Gasteiger partial charge in [0.15, 0.2) is 0 Å². The average molecular weight is 269 g/mol. The predicted octanol–water partition coefficient (Wildman–Crippen LogP) is 3.74. The first kappa shape index (κ1) is 15.5. The monoisotopic (exact) mass is 269 g/mol. The first-order chi connectivity index (χ1) is 8.76. The molecule has 0 radical (unpaired) electrons. The number of thioether (sulfide) groups is 1. The van der Waals surface area contributed by atoms with Crippen LogP contribution >= 0.6 is 11.8 Å². The van der Waals surface area contributed by atoms with Gasteiger partial charge in [-0.05, 0) is 68.0 Å². The molecule has 1 atom stereocenters. The summed E-state index contributed by atoms with van der Waals surface area (Å²) in [5.74, 6) is 1.70. The van der Waals surface area contributed by atoms with Crippen LogP contribution < -0.4 is 5.32 Å². The molecule has 1 rings (SSSR count). The molecule has 3 heteroatoms. The quantitative estimate of drug-likeness (QED) is 0.685. The zero-order valence-electron chi connectivity index (χ0n) is 11.4. The lowest BCUT2D eigenvalue weighted by molar-refractivity contribution is 0.445. The number of rotatable bonds is 9. The summed E-state index contributed by atoms with van der Waals surface area (Å²) < 4.78 is 13.2. The first-order valence-electron chi connectivity index (χ1n) is 6.70. The van der Waals surface area contributed by atoms with Gasteiger partial charge < -0.3 is 5.32 Å². The van der Waals surface area contributed by atoms with E-state index in [1.54, 1.807) is 12.1 Å². The van der Waals surface area contributed by atoms with Crippen molar-refractivity contribution in [2.75, 3.05) is 25.1 Å². The molecule has 1 nitrogen and oxygen atoms in total. The molecular weight excluding hydrogens is 245 g/mol. The molecule has 0 aliphatic heterocycles. The van der Waals surface area contributed by atoms with Crippen LogP contribution in [0.3, 0.4) is 0 Å². The fourth-order valence-corrected chi connectivity index (χ4v) is 2.59. The standard InChI is InChI=1S/C15H24FNS/c1-3-17-12-14(7-5-9-18-2)10-13-6-4-8-15(16)11-13/h4,6,8,11,14,17H,3,5,7,9-10,12H2,1-2H3. The molecule has 0 spiro atoms. The van der Waals surface area contributed by atoms with Gasteiger partial charge in [-0.2, -0.15) is 11.8 Å². The summed E-state index contributed by atoms with van der Waals surface area (Å²) >= 11 is 1.90. The minimum absolute atomic E-state index is 0.126. The van der Waals surface area contributed by atoms with Crippen LogP contribution in [0.15, 0.2) is 24.3 Å². The minimum Gasteiger partial charge on any atom is -0.317 e. The third-order valence-corrected chi connectivity index (χ3v) is 3.75. The smallest absolute Gasteiger partial charge is 0.123 e. The first-order valence-corrected chi connectivity index (χ1v) is 8.09. The third kappa shape index (κ3) is 6.41. The second-order valence-corrected chi connectivity index (χ2v) is 5.63. The molecule has 1 N–H and O–H groups in total. The van der Waals surface area contributed by atoms with E-state index < -0.39 is 0 Å². The Morgan fingerprint density at radius 1 is 1.39 bits per heavy atom. The summed E-state index contributed by atoms with van der Waals surface area (Å²) in [5.41, 5.74) is 1.11. The zero-order chi connectivity index (χ0) is 13.2. The second-order valence-electron chi connectivity index (χ2n) is 4.64. The largest absolute Gasteiger partial charge is 0.317 e. The van der Waals surface area contributed by atoms with E-state index in [9.17, 15) is 4.39 Å². The van der Waals surface area contributed by atoms with Gasteiger partial charge >= 0.3 is 0 Å². The highest BCUT2D eigenvalue weighted by Gasteiger charge is 2.09. The highest BCUT2D eigenvalue weighted by Crippen LogP contribution is 2.16. The summed E-state index contributed by atoms with van der Waals surface area (Å²) in [6.07, 6.45) is 5.57. The molecule has 1 aromatic rings. The van der Waals surface area contributed by atoms with Gasteiger partial charge in [-0.25, -0.2) is 4.39 Å². The fraction of sp³-hybridized carbons (Fsp3) is 0.600. The van der Waals surface area contributed by atoms with Gasteiger partial charge in [0.05, 0.1) is 0 Å². The van der Waals surface area contributed by atoms with Gasteiger partial charge in [0.2, 0.25) is 0 Å². The molecule has 0 aromatic heterocycles. The summed E-state index contributed by atoms with van der Waals surface area (Å²) in [6.45, 7) is 4.16. The Bertz CT molecular complexity index is 330. The SMILES string of the molecule is CCNCC(CCCSC)Cc1cccc(F)c1. The molecule has 102 valence electrons. The topological polar surface area (TPSA) is 12.0 Å². The van der Waals surface area contributed by atoms with Crippen LogP contribution in [0, 0.1) is 11.7 Å². The van der Waals surface area contributed by atoms with Crippen molar-refractivity contribution >= 4 is 11.8 Å². The highest BCUT2D eigenvalue weighted by molar-refractivity contribution is 7.98. The molecule has 0 bridgehead atoms.